The number of carbonyl (C=O) groups excluding carboxylic acids is 1. The Bertz CT molecular complexity index is 288. The Morgan fingerprint density at radius 1 is 1.50 bits per heavy atom. The van der Waals surface area contributed by atoms with Gasteiger partial charge < -0.3 is 9.15 Å². The molecule has 0 atom stereocenters. The minimum Gasteiger partial charge on any atom is -0.468 e. The van der Waals surface area contributed by atoms with Crippen LogP contribution in [-0.4, -0.2) is 12.6 Å². The van der Waals surface area contributed by atoms with Gasteiger partial charge in [0.2, 0.25) is 0 Å². The van der Waals surface area contributed by atoms with Crippen LogP contribution in [-0.2, 0) is 11.2 Å². The molecule has 0 aliphatic heterocycles. The fraction of sp³-hybridized carbons (Fsp3) is 0.545. The molecule has 0 saturated heterocycles. The second-order valence-corrected chi connectivity index (χ2v) is 3.14. The summed E-state index contributed by atoms with van der Waals surface area (Å²) >= 11 is 0. The molecule has 1 rings (SSSR count). The van der Waals surface area contributed by atoms with Gasteiger partial charge in [-0.15, -0.1) is 0 Å². The molecule has 0 N–H and O–H groups in total. The van der Waals surface area contributed by atoms with Crippen LogP contribution in [0.3, 0.4) is 0 Å². The zero-order valence-corrected chi connectivity index (χ0v) is 8.71. The van der Waals surface area contributed by atoms with Gasteiger partial charge in [0.1, 0.15) is 12.0 Å². The third kappa shape index (κ3) is 2.91. The monoisotopic (exact) mass is 196 g/mol. The minimum absolute atomic E-state index is 0.290. The van der Waals surface area contributed by atoms with Crippen LogP contribution in [0.2, 0.25) is 0 Å². The quantitative estimate of drug-likeness (QED) is 0.537. The van der Waals surface area contributed by atoms with Crippen LogP contribution in [0.15, 0.2) is 16.7 Å². The van der Waals surface area contributed by atoms with E-state index in [1.807, 2.05) is 6.92 Å². The lowest BCUT2D eigenvalue weighted by atomic mass is 10.3. The predicted octanol–water partition coefficient (Wildman–Crippen LogP) is 2.80. The molecule has 0 saturated carbocycles. The summed E-state index contributed by atoms with van der Waals surface area (Å²) < 4.78 is 10.2. The first-order valence-electron chi connectivity index (χ1n) is 5.02. The van der Waals surface area contributed by atoms with E-state index >= 15 is 0 Å². The van der Waals surface area contributed by atoms with E-state index in [1.54, 1.807) is 6.07 Å². The van der Waals surface area contributed by atoms with Crippen molar-refractivity contribution < 1.29 is 13.9 Å². The highest BCUT2D eigenvalue weighted by Crippen LogP contribution is 2.09. The van der Waals surface area contributed by atoms with Gasteiger partial charge in [-0.3, -0.25) is 0 Å². The van der Waals surface area contributed by atoms with Gasteiger partial charge in [0.15, 0.2) is 0 Å². The molecule has 1 heterocycles. The molecule has 0 bridgehead atoms. The Kier molecular flexibility index (Phi) is 4.23. The van der Waals surface area contributed by atoms with E-state index in [2.05, 4.69) is 6.92 Å². The maximum Gasteiger partial charge on any atom is 0.341 e. The molecule has 3 heteroatoms. The molecule has 0 aliphatic rings. The predicted molar refractivity (Wildman–Crippen MR) is 53.3 cm³/mol. The highest BCUT2D eigenvalue weighted by atomic mass is 16.5. The number of aryl methyl sites for hydroxylation is 1. The van der Waals surface area contributed by atoms with E-state index in [4.69, 9.17) is 9.15 Å². The van der Waals surface area contributed by atoms with Crippen LogP contribution in [0.5, 0.6) is 0 Å². The van der Waals surface area contributed by atoms with Gasteiger partial charge >= 0.3 is 5.97 Å². The molecular weight excluding hydrogens is 180 g/mol. The maximum atomic E-state index is 11.4. The number of hydrogen-bond donors (Lipinski definition) is 0. The Morgan fingerprint density at radius 3 is 2.86 bits per heavy atom. The van der Waals surface area contributed by atoms with Gasteiger partial charge in [0.25, 0.3) is 0 Å². The molecule has 0 aliphatic carbocycles. The van der Waals surface area contributed by atoms with Gasteiger partial charge in [0.05, 0.1) is 12.2 Å². The molecule has 1 aromatic heterocycles. The molecule has 0 radical (unpaired) electrons. The molecule has 0 unspecified atom stereocenters. The fourth-order valence-electron chi connectivity index (χ4n) is 1.07. The normalized spacial score (nSPS) is 10.1. The Labute approximate surface area is 84.1 Å². The number of ether oxygens (including phenoxy) is 1. The SMILES string of the molecule is CCCCOC(=O)c1coc(CC)c1. The minimum atomic E-state index is -0.290. The van der Waals surface area contributed by atoms with Crippen LogP contribution in [0.4, 0.5) is 0 Å². The van der Waals surface area contributed by atoms with Crippen molar-refractivity contribution in [2.75, 3.05) is 6.61 Å². The number of esters is 1. The van der Waals surface area contributed by atoms with Crippen molar-refractivity contribution in [3.63, 3.8) is 0 Å². The molecule has 0 fully saturated rings. The fourth-order valence-corrected chi connectivity index (χ4v) is 1.07. The second kappa shape index (κ2) is 5.47. The van der Waals surface area contributed by atoms with Crippen molar-refractivity contribution in [3.05, 3.63) is 23.7 Å². The van der Waals surface area contributed by atoms with Crippen LogP contribution < -0.4 is 0 Å². The van der Waals surface area contributed by atoms with E-state index in [1.165, 1.54) is 6.26 Å². The second-order valence-electron chi connectivity index (χ2n) is 3.14. The molecule has 0 aromatic carbocycles. The smallest absolute Gasteiger partial charge is 0.341 e. The molecule has 0 amide bonds. The van der Waals surface area contributed by atoms with Crippen LogP contribution in [0.1, 0.15) is 42.8 Å². The van der Waals surface area contributed by atoms with Crippen molar-refractivity contribution in [3.8, 4) is 0 Å². The Balaban J connectivity index is 2.44. The lowest BCUT2D eigenvalue weighted by Crippen LogP contribution is -2.04. The average molecular weight is 196 g/mol. The van der Waals surface area contributed by atoms with Crippen molar-refractivity contribution in [2.24, 2.45) is 0 Å². The Morgan fingerprint density at radius 2 is 2.29 bits per heavy atom. The van der Waals surface area contributed by atoms with E-state index in [9.17, 15) is 4.79 Å². The van der Waals surface area contributed by atoms with Crippen molar-refractivity contribution in [2.45, 2.75) is 33.1 Å². The van der Waals surface area contributed by atoms with E-state index in [0.717, 1.165) is 25.0 Å². The van der Waals surface area contributed by atoms with Crippen LogP contribution in [0, 0.1) is 0 Å². The molecule has 0 spiro atoms. The van der Waals surface area contributed by atoms with Crippen LogP contribution >= 0.6 is 0 Å². The highest BCUT2D eigenvalue weighted by Gasteiger charge is 2.10. The van der Waals surface area contributed by atoms with Gasteiger partial charge in [-0.1, -0.05) is 20.3 Å². The summed E-state index contributed by atoms with van der Waals surface area (Å²) in [6, 6.07) is 1.73. The first kappa shape index (κ1) is 10.8. The number of furan rings is 1. The lowest BCUT2D eigenvalue weighted by molar-refractivity contribution is 0.0499. The van der Waals surface area contributed by atoms with E-state index in [-0.39, 0.29) is 5.97 Å². The standard InChI is InChI=1S/C11H16O3/c1-3-5-6-13-11(12)9-7-10(4-2)14-8-9/h7-8H,3-6H2,1-2H3. The summed E-state index contributed by atoms with van der Waals surface area (Å²) in [7, 11) is 0. The van der Waals surface area contributed by atoms with Gasteiger partial charge in [-0.25, -0.2) is 4.79 Å². The average Bonchev–Trinajstić information content (AvgIpc) is 2.66. The van der Waals surface area contributed by atoms with E-state index < -0.39 is 0 Å². The summed E-state index contributed by atoms with van der Waals surface area (Å²) in [6.07, 6.45) is 4.18. The van der Waals surface area contributed by atoms with Gasteiger partial charge in [0, 0.05) is 6.42 Å². The first-order chi connectivity index (χ1) is 6.77. The summed E-state index contributed by atoms with van der Waals surface area (Å²) in [4.78, 5) is 11.4. The number of hydrogen-bond acceptors (Lipinski definition) is 3. The molecule has 14 heavy (non-hydrogen) atoms. The summed E-state index contributed by atoms with van der Waals surface area (Å²) in [5.41, 5.74) is 0.512. The maximum absolute atomic E-state index is 11.4. The Hall–Kier alpha value is -1.25. The van der Waals surface area contributed by atoms with Crippen molar-refractivity contribution in [1.29, 1.82) is 0 Å². The van der Waals surface area contributed by atoms with Gasteiger partial charge in [-0.2, -0.15) is 0 Å². The summed E-state index contributed by atoms with van der Waals surface area (Å²) in [5.74, 6) is 0.523. The zero-order valence-electron chi connectivity index (χ0n) is 8.71. The summed E-state index contributed by atoms with van der Waals surface area (Å²) in [6.45, 7) is 4.52. The van der Waals surface area contributed by atoms with Gasteiger partial charge in [-0.05, 0) is 12.5 Å². The first-order valence-corrected chi connectivity index (χ1v) is 5.02. The van der Waals surface area contributed by atoms with Crippen molar-refractivity contribution >= 4 is 5.97 Å². The van der Waals surface area contributed by atoms with Crippen LogP contribution in [0.25, 0.3) is 0 Å². The zero-order chi connectivity index (χ0) is 10.4. The number of carbonyl (C=O) groups is 1. The highest BCUT2D eigenvalue weighted by molar-refractivity contribution is 5.89. The molecule has 3 nitrogen and oxygen atoms in total. The number of unbranched alkanes of at least 4 members (excludes halogenated alkanes) is 1. The largest absolute Gasteiger partial charge is 0.468 e. The third-order valence-electron chi connectivity index (χ3n) is 1.97. The third-order valence-corrected chi connectivity index (χ3v) is 1.97. The summed E-state index contributed by atoms with van der Waals surface area (Å²) in [5, 5.41) is 0. The topological polar surface area (TPSA) is 39.4 Å². The lowest BCUT2D eigenvalue weighted by Gasteiger charge is -2.00. The molecule has 78 valence electrons. The number of rotatable bonds is 5. The van der Waals surface area contributed by atoms with E-state index in [0.29, 0.717) is 12.2 Å². The molecule has 1 aromatic rings. The van der Waals surface area contributed by atoms with Crippen molar-refractivity contribution in [1.82, 2.24) is 0 Å². The molecular formula is C11H16O3.